The summed E-state index contributed by atoms with van der Waals surface area (Å²) in [6, 6.07) is 27.3. The molecule has 0 N–H and O–H groups in total. The van der Waals surface area contributed by atoms with Crippen molar-refractivity contribution in [3.05, 3.63) is 106 Å². The van der Waals surface area contributed by atoms with Gasteiger partial charge in [-0.25, -0.2) is 0 Å². The molecule has 0 saturated carbocycles. The van der Waals surface area contributed by atoms with Gasteiger partial charge < -0.3 is 0 Å². The molecule has 0 bridgehead atoms. The van der Waals surface area contributed by atoms with E-state index in [1.807, 2.05) is 0 Å². The number of benzene rings is 3. The Morgan fingerprint density at radius 1 is 0.250 bits per heavy atom. The van der Waals surface area contributed by atoms with E-state index in [1.165, 1.54) is 33.4 Å². The van der Waals surface area contributed by atoms with Crippen molar-refractivity contribution in [1.82, 2.24) is 0 Å². The van der Waals surface area contributed by atoms with Gasteiger partial charge in [-0.1, -0.05) is 197 Å². The first-order valence-corrected chi connectivity index (χ1v) is 18.7. The van der Waals surface area contributed by atoms with Crippen molar-refractivity contribution in [2.24, 2.45) is 32.5 Å². The predicted octanol–water partition coefficient (Wildman–Crippen LogP) is 14.6. The third-order valence-electron chi connectivity index (χ3n) is 7.44. The molecule has 0 fully saturated rings. The average molecular weight is 655 g/mol. The molecule has 0 spiro atoms. The van der Waals surface area contributed by atoms with E-state index in [2.05, 4.69) is 197 Å². The van der Waals surface area contributed by atoms with Crippen molar-refractivity contribution >= 4 is 0 Å². The molecule has 0 heteroatoms. The van der Waals surface area contributed by atoms with Crippen molar-refractivity contribution in [2.75, 3.05) is 0 Å². The Labute approximate surface area is 301 Å². The average Bonchev–Trinajstić information content (AvgIpc) is 2.82. The molecule has 0 aliphatic heterocycles. The van der Waals surface area contributed by atoms with Gasteiger partial charge in [-0.05, 0) is 104 Å². The number of rotatable bonds is 6. The summed E-state index contributed by atoms with van der Waals surface area (Å²) in [5, 5.41) is 0. The minimum atomic E-state index is 0.375. The summed E-state index contributed by atoms with van der Waals surface area (Å²) >= 11 is 0. The van der Waals surface area contributed by atoms with E-state index in [4.69, 9.17) is 0 Å². The molecule has 3 rings (SSSR count). The first-order valence-electron chi connectivity index (χ1n) is 18.7. The monoisotopic (exact) mass is 655 g/mol. The van der Waals surface area contributed by atoms with E-state index in [-0.39, 0.29) is 0 Å². The van der Waals surface area contributed by atoms with E-state index in [0.717, 1.165) is 38.5 Å². The lowest BCUT2D eigenvalue weighted by Crippen LogP contribution is -2.11. The molecule has 0 amide bonds. The summed E-state index contributed by atoms with van der Waals surface area (Å²) in [6.07, 6.45) is 6.94. The maximum atomic E-state index is 2.37. The van der Waals surface area contributed by atoms with Gasteiger partial charge in [-0.15, -0.1) is 0 Å². The highest BCUT2D eigenvalue weighted by atomic mass is 14.2. The SMILES string of the molecule is CC(C)(C)Cc1ccc(CC(C)(C)C)cc1.CC(C)(C)Cc1ccc(CC(C)(C)C)cc1.CC(C)(C)Cc1cccc(CC(C)(C)C)c1. The van der Waals surface area contributed by atoms with Crippen LogP contribution in [0.2, 0.25) is 0 Å². The Morgan fingerprint density at radius 3 is 0.583 bits per heavy atom. The van der Waals surface area contributed by atoms with Crippen molar-refractivity contribution in [3.63, 3.8) is 0 Å². The maximum Gasteiger partial charge on any atom is -0.0230 e. The van der Waals surface area contributed by atoms with Gasteiger partial charge in [-0.3, -0.25) is 0 Å². The van der Waals surface area contributed by atoms with E-state index in [0.29, 0.717) is 32.5 Å². The van der Waals surface area contributed by atoms with E-state index >= 15 is 0 Å². The molecular weight excluding hydrogens is 577 g/mol. The molecule has 0 atom stereocenters. The van der Waals surface area contributed by atoms with E-state index in [1.54, 1.807) is 0 Å². The zero-order valence-corrected chi connectivity index (χ0v) is 35.2. The lowest BCUT2D eigenvalue weighted by Gasteiger charge is -2.21. The fraction of sp³-hybridized carbons (Fsp3) is 0.625. The Morgan fingerprint density at radius 2 is 0.417 bits per heavy atom. The van der Waals surface area contributed by atoms with Gasteiger partial charge >= 0.3 is 0 Å². The summed E-state index contributed by atoms with van der Waals surface area (Å²) < 4.78 is 0. The standard InChI is InChI=1S/3C16H26/c2*1-15(2,3)11-13-7-9-14(10-8-13)12-16(4,5)6;1-15(2,3)11-13-8-7-9-14(10-13)12-16(4,5)6/h3*7-10H,11-12H2,1-6H3. The summed E-state index contributed by atoms with van der Waals surface area (Å²) in [6.45, 7) is 41.2. The summed E-state index contributed by atoms with van der Waals surface area (Å²) in [7, 11) is 0. The fourth-order valence-corrected chi connectivity index (χ4v) is 6.07. The van der Waals surface area contributed by atoms with E-state index in [9.17, 15) is 0 Å². The molecule has 3 aromatic rings. The first kappa shape index (κ1) is 43.7. The summed E-state index contributed by atoms with van der Waals surface area (Å²) in [4.78, 5) is 0. The second-order valence-electron chi connectivity index (χ2n) is 21.9. The maximum absolute atomic E-state index is 2.37. The second-order valence-corrected chi connectivity index (χ2v) is 21.9. The highest BCUT2D eigenvalue weighted by Gasteiger charge is 2.16. The smallest absolute Gasteiger partial charge is 0.0230 e. The Balaban J connectivity index is 0.000000360. The minimum Gasteiger partial charge on any atom is -0.0617 e. The van der Waals surface area contributed by atoms with Gasteiger partial charge in [0.2, 0.25) is 0 Å². The molecule has 0 radical (unpaired) electrons. The van der Waals surface area contributed by atoms with Crippen LogP contribution in [0.4, 0.5) is 0 Å². The number of hydrogen-bond donors (Lipinski definition) is 0. The van der Waals surface area contributed by atoms with Crippen LogP contribution < -0.4 is 0 Å². The molecule has 0 nitrogen and oxygen atoms in total. The Hall–Kier alpha value is -2.34. The van der Waals surface area contributed by atoms with Gasteiger partial charge in [0.15, 0.2) is 0 Å². The third-order valence-corrected chi connectivity index (χ3v) is 7.44. The molecule has 0 saturated heterocycles. The number of hydrogen-bond acceptors (Lipinski definition) is 0. The van der Waals surface area contributed by atoms with Gasteiger partial charge in [0.1, 0.15) is 0 Å². The van der Waals surface area contributed by atoms with Crippen LogP contribution in [0, 0.1) is 32.5 Å². The quantitative estimate of drug-likeness (QED) is 0.248. The topological polar surface area (TPSA) is 0 Å². The molecule has 48 heavy (non-hydrogen) atoms. The Kier molecular flexibility index (Phi) is 16.0. The van der Waals surface area contributed by atoms with Gasteiger partial charge in [0.05, 0.1) is 0 Å². The molecule has 0 aliphatic rings. The molecule has 0 aliphatic carbocycles. The minimum absolute atomic E-state index is 0.375. The highest BCUT2D eigenvalue weighted by Crippen LogP contribution is 2.26. The lowest BCUT2D eigenvalue weighted by atomic mass is 9.85. The first-order chi connectivity index (χ1) is 21.5. The van der Waals surface area contributed by atoms with Gasteiger partial charge in [0.25, 0.3) is 0 Å². The molecule has 0 unspecified atom stereocenters. The lowest BCUT2D eigenvalue weighted by molar-refractivity contribution is 0.405. The molecule has 0 heterocycles. The van der Waals surface area contributed by atoms with Crippen LogP contribution in [0.25, 0.3) is 0 Å². The zero-order chi connectivity index (χ0) is 37.2. The van der Waals surface area contributed by atoms with Crippen molar-refractivity contribution < 1.29 is 0 Å². The highest BCUT2D eigenvalue weighted by molar-refractivity contribution is 5.26. The van der Waals surface area contributed by atoms with Crippen molar-refractivity contribution in [3.8, 4) is 0 Å². The molecule has 3 aromatic carbocycles. The normalized spacial score (nSPS) is 12.9. The van der Waals surface area contributed by atoms with Crippen LogP contribution in [0.5, 0.6) is 0 Å². The van der Waals surface area contributed by atoms with E-state index < -0.39 is 0 Å². The van der Waals surface area contributed by atoms with Gasteiger partial charge in [-0.2, -0.15) is 0 Å². The summed E-state index contributed by atoms with van der Waals surface area (Å²) in [5.74, 6) is 0. The zero-order valence-electron chi connectivity index (χ0n) is 35.2. The Bertz CT molecular complexity index is 1130. The fourth-order valence-electron chi connectivity index (χ4n) is 6.07. The second kappa shape index (κ2) is 17.5. The molecule has 270 valence electrons. The van der Waals surface area contributed by atoms with Crippen LogP contribution >= 0.6 is 0 Å². The van der Waals surface area contributed by atoms with Crippen LogP contribution in [0.3, 0.4) is 0 Å². The third kappa shape index (κ3) is 23.9. The van der Waals surface area contributed by atoms with Crippen molar-refractivity contribution in [1.29, 1.82) is 0 Å². The van der Waals surface area contributed by atoms with Crippen LogP contribution in [0.1, 0.15) is 158 Å². The van der Waals surface area contributed by atoms with Crippen LogP contribution in [-0.4, -0.2) is 0 Å². The van der Waals surface area contributed by atoms with Gasteiger partial charge in [0, 0.05) is 0 Å². The molecular formula is C48H78. The molecule has 0 aromatic heterocycles. The largest absolute Gasteiger partial charge is 0.0617 e. The van der Waals surface area contributed by atoms with Crippen molar-refractivity contribution in [2.45, 2.75) is 163 Å². The van der Waals surface area contributed by atoms with Crippen LogP contribution in [0.15, 0.2) is 72.8 Å². The summed E-state index contributed by atoms with van der Waals surface area (Å²) in [5.41, 5.74) is 11.0. The van der Waals surface area contributed by atoms with Crippen LogP contribution in [-0.2, 0) is 38.5 Å². The predicted molar refractivity (Wildman–Crippen MR) is 218 cm³/mol.